The van der Waals surface area contributed by atoms with Crippen LogP contribution in [0.2, 0.25) is 0 Å². The quantitative estimate of drug-likeness (QED) is 0.863. The summed E-state index contributed by atoms with van der Waals surface area (Å²) in [6.45, 7) is 2.70. The van der Waals surface area contributed by atoms with E-state index in [1.165, 1.54) is 5.56 Å². The van der Waals surface area contributed by atoms with Crippen molar-refractivity contribution in [1.82, 2.24) is 9.88 Å². The van der Waals surface area contributed by atoms with Gasteiger partial charge >= 0.3 is 0 Å². The Bertz CT molecular complexity index is 748. The number of nitrogens with zero attached hydrogens (tertiary/aromatic N) is 2. The number of hydrogen-bond acceptors (Lipinski definition) is 4. The van der Waals surface area contributed by atoms with E-state index >= 15 is 0 Å². The first kappa shape index (κ1) is 15.9. The van der Waals surface area contributed by atoms with E-state index in [-0.39, 0.29) is 5.91 Å². The number of hydrogen-bond donors (Lipinski definition) is 0. The van der Waals surface area contributed by atoms with Crippen LogP contribution >= 0.6 is 0 Å². The minimum absolute atomic E-state index is 0.0767. The molecular formula is C20H22N2O3. The Hall–Kier alpha value is -2.56. The summed E-state index contributed by atoms with van der Waals surface area (Å²) >= 11 is 0. The molecule has 2 aromatic rings. The molecule has 1 fully saturated rings. The van der Waals surface area contributed by atoms with Gasteiger partial charge in [0.1, 0.15) is 13.2 Å². The zero-order chi connectivity index (χ0) is 17.1. The van der Waals surface area contributed by atoms with Crippen LogP contribution in [0.15, 0.2) is 42.7 Å². The highest BCUT2D eigenvalue weighted by Crippen LogP contribution is 2.31. The number of carbonyl (C=O) groups excluding carboxylic acids is 1. The number of rotatable bonds is 3. The van der Waals surface area contributed by atoms with Crippen molar-refractivity contribution in [3.63, 3.8) is 0 Å². The molecule has 25 heavy (non-hydrogen) atoms. The monoisotopic (exact) mass is 338 g/mol. The summed E-state index contributed by atoms with van der Waals surface area (Å²) < 4.78 is 11.1. The molecule has 0 N–H and O–H groups in total. The molecule has 2 aliphatic rings. The molecule has 2 aliphatic heterocycles. The van der Waals surface area contributed by atoms with Gasteiger partial charge in [-0.1, -0.05) is 6.07 Å². The van der Waals surface area contributed by atoms with E-state index in [1.54, 1.807) is 6.20 Å². The standard InChI is InChI=1S/C20H22N2O3/c23-20(17-5-6-18-19(12-17)25-10-9-24-18)22-8-2-4-16(14-22)11-15-3-1-7-21-13-15/h1,3,5-7,12-13,16H,2,4,8-11,14H2/t16-/m0/s1. The van der Waals surface area contributed by atoms with Crippen molar-refractivity contribution in [3.05, 3.63) is 53.9 Å². The maximum Gasteiger partial charge on any atom is 0.254 e. The third-order valence-corrected chi connectivity index (χ3v) is 4.84. The van der Waals surface area contributed by atoms with Gasteiger partial charge in [0.15, 0.2) is 11.5 Å². The molecule has 130 valence electrons. The van der Waals surface area contributed by atoms with E-state index < -0.39 is 0 Å². The van der Waals surface area contributed by atoms with Crippen LogP contribution in [0, 0.1) is 5.92 Å². The minimum atomic E-state index is 0.0767. The summed E-state index contributed by atoms with van der Waals surface area (Å²) in [4.78, 5) is 19.1. The van der Waals surface area contributed by atoms with Crippen LogP contribution in [0.25, 0.3) is 0 Å². The first-order valence-corrected chi connectivity index (χ1v) is 8.87. The van der Waals surface area contributed by atoms with Crippen molar-refractivity contribution in [2.75, 3.05) is 26.3 Å². The van der Waals surface area contributed by atoms with E-state index in [9.17, 15) is 4.79 Å². The van der Waals surface area contributed by atoms with Gasteiger partial charge in [-0.25, -0.2) is 0 Å². The van der Waals surface area contributed by atoms with Crippen LogP contribution in [0.4, 0.5) is 0 Å². The van der Waals surface area contributed by atoms with Gasteiger partial charge in [0.25, 0.3) is 5.91 Å². The summed E-state index contributed by atoms with van der Waals surface area (Å²) in [5.41, 5.74) is 1.91. The van der Waals surface area contributed by atoms with E-state index in [0.29, 0.717) is 30.4 Å². The molecule has 5 nitrogen and oxygen atoms in total. The van der Waals surface area contributed by atoms with Crippen molar-refractivity contribution < 1.29 is 14.3 Å². The number of carbonyl (C=O) groups is 1. The molecule has 1 aromatic carbocycles. The molecule has 1 aromatic heterocycles. The van der Waals surface area contributed by atoms with Crippen molar-refractivity contribution in [2.45, 2.75) is 19.3 Å². The lowest BCUT2D eigenvalue weighted by atomic mass is 9.91. The van der Waals surface area contributed by atoms with Gasteiger partial charge in [0, 0.05) is 31.0 Å². The first-order chi connectivity index (χ1) is 12.3. The molecule has 3 heterocycles. The predicted molar refractivity (Wildman–Crippen MR) is 94.0 cm³/mol. The fourth-order valence-corrected chi connectivity index (χ4v) is 3.63. The predicted octanol–water partition coefficient (Wildman–Crippen LogP) is 2.95. The topological polar surface area (TPSA) is 51.7 Å². The van der Waals surface area contributed by atoms with Gasteiger partial charge in [-0.2, -0.15) is 0 Å². The van der Waals surface area contributed by atoms with Gasteiger partial charge in [0.2, 0.25) is 0 Å². The largest absolute Gasteiger partial charge is 0.486 e. The molecule has 0 bridgehead atoms. The normalized spacial score (nSPS) is 19.5. The Kier molecular flexibility index (Phi) is 4.55. The molecule has 0 saturated carbocycles. The smallest absolute Gasteiger partial charge is 0.254 e. The number of likely N-dealkylation sites (tertiary alicyclic amines) is 1. The molecule has 0 spiro atoms. The third-order valence-electron chi connectivity index (χ3n) is 4.84. The lowest BCUT2D eigenvalue weighted by Gasteiger charge is -2.33. The van der Waals surface area contributed by atoms with Crippen LogP contribution in [0.5, 0.6) is 11.5 Å². The van der Waals surface area contributed by atoms with E-state index in [2.05, 4.69) is 11.1 Å². The summed E-state index contributed by atoms with van der Waals surface area (Å²) in [7, 11) is 0. The zero-order valence-corrected chi connectivity index (χ0v) is 14.2. The highest BCUT2D eigenvalue weighted by molar-refractivity contribution is 5.95. The maximum atomic E-state index is 12.9. The second-order valence-electron chi connectivity index (χ2n) is 6.68. The number of pyridine rings is 1. The Labute approximate surface area is 147 Å². The third kappa shape index (κ3) is 3.60. The number of aromatic nitrogens is 1. The van der Waals surface area contributed by atoms with Crippen LogP contribution in [0.3, 0.4) is 0 Å². The fraction of sp³-hybridized carbons (Fsp3) is 0.400. The summed E-state index contributed by atoms with van der Waals surface area (Å²) in [6, 6.07) is 9.55. The number of benzene rings is 1. The van der Waals surface area contributed by atoms with Crippen molar-refractivity contribution >= 4 is 5.91 Å². The molecule has 5 heteroatoms. The summed E-state index contributed by atoms with van der Waals surface area (Å²) in [5.74, 6) is 1.95. The van der Waals surface area contributed by atoms with Crippen LogP contribution in [0.1, 0.15) is 28.8 Å². The lowest BCUT2D eigenvalue weighted by Crippen LogP contribution is -2.40. The second-order valence-corrected chi connectivity index (χ2v) is 6.68. The number of ether oxygens (including phenoxy) is 2. The van der Waals surface area contributed by atoms with Gasteiger partial charge < -0.3 is 14.4 Å². The highest BCUT2D eigenvalue weighted by atomic mass is 16.6. The lowest BCUT2D eigenvalue weighted by molar-refractivity contribution is 0.0672. The molecule has 1 atom stereocenters. The maximum absolute atomic E-state index is 12.9. The molecule has 1 amide bonds. The van der Waals surface area contributed by atoms with Gasteiger partial charge in [0.05, 0.1) is 0 Å². The minimum Gasteiger partial charge on any atom is -0.486 e. The van der Waals surface area contributed by atoms with Gasteiger partial charge in [-0.3, -0.25) is 9.78 Å². The number of fused-ring (bicyclic) bond motifs is 1. The average molecular weight is 338 g/mol. The summed E-state index contributed by atoms with van der Waals surface area (Å²) in [5, 5.41) is 0. The number of piperidine rings is 1. The average Bonchev–Trinajstić information content (AvgIpc) is 2.68. The van der Waals surface area contributed by atoms with Gasteiger partial charge in [-0.05, 0) is 55.0 Å². The first-order valence-electron chi connectivity index (χ1n) is 8.87. The molecule has 1 saturated heterocycles. The SMILES string of the molecule is O=C(c1ccc2c(c1)OCCO2)N1CCC[C@@H](Cc2cccnc2)C1. The fourth-order valence-electron chi connectivity index (χ4n) is 3.63. The Morgan fingerprint density at radius 1 is 1.20 bits per heavy atom. The second kappa shape index (κ2) is 7.13. The molecule has 0 aliphatic carbocycles. The van der Waals surface area contributed by atoms with Crippen molar-refractivity contribution in [2.24, 2.45) is 5.92 Å². The molecular weight excluding hydrogens is 316 g/mol. The van der Waals surface area contributed by atoms with Crippen LogP contribution < -0.4 is 9.47 Å². The zero-order valence-electron chi connectivity index (χ0n) is 14.2. The molecule has 0 radical (unpaired) electrons. The number of amides is 1. The molecule has 0 unspecified atom stereocenters. The van der Waals surface area contributed by atoms with Crippen molar-refractivity contribution in [3.8, 4) is 11.5 Å². The van der Waals surface area contributed by atoms with Gasteiger partial charge in [-0.15, -0.1) is 0 Å². The van der Waals surface area contributed by atoms with E-state index in [1.807, 2.05) is 35.4 Å². The van der Waals surface area contributed by atoms with Crippen molar-refractivity contribution in [1.29, 1.82) is 0 Å². The van der Waals surface area contributed by atoms with E-state index in [4.69, 9.17) is 9.47 Å². The highest BCUT2D eigenvalue weighted by Gasteiger charge is 2.25. The Morgan fingerprint density at radius 3 is 2.92 bits per heavy atom. The molecule has 4 rings (SSSR count). The van der Waals surface area contributed by atoms with Crippen LogP contribution in [-0.2, 0) is 6.42 Å². The van der Waals surface area contributed by atoms with Crippen LogP contribution in [-0.4, -0.2) is 42.1 Å². The van der Waals surface area contributed by atoms with E-state index in [0.717, 1.165) is 38.1 Å². The Balaban J connectivity index is 1.44. The Morgan fingerprint density at radius 2 is 2.08 bits per heavy atom. The summed E-state index contributed by atoms with van der Waals surface area (Å²) in [6.07, 6.45) is 6.88.